The van der Waals surface area contributed by atoms with E-state index < -0.39 is 5.82 Å². The number of likely N-dealkylation sites (N-methyl/N-ethyl adjacent to an activating group) is 1. The third-order valence-electron chi connectivity index (χ3n) is 5.57. The van der Waals surface area contributed by atoms with E-state index in [1.807, 2.05) is 0 Å². The minimum atomic E-state index is -0.489. The number of anilines is 2. The number of aromatic amines is 1. The fourth-order valence-corrected chi connectivity index (χ4v) is 3.99. The third-order valence-corrected chi connectivity index (χ3v) is 6.00. The van der Waals surface area contributed by atoms with E-state index in [-0.39, 0.29) is 23.0 Å². The lowest BCUT2D eigenvalue weighted by Crippen LogP contribution is -2.45. The second kappa shape index (κ2) is 8.75. The van der Waals surface area contributed by atoms with Crippen molar-refractivity contribution in [3.8, 4) is 16.9 Å². The van der Waals surface area contributed by atoms with Crippen LogP contribution in [0.5, 0.6) is 5.75 Å². The van der Waals surface area contributed by atoms with Crippen molar-refractivity contribution < 1.29 is 9.13 Å². The molecule has 1 fully saturated rings. The average Bonchev–Trinajstić information content (AvgIpc) is 3.28. The molecule has 0 aliphatic carbocycles. The summed E-state index contributed by atoms with van der Waals surface area (Å²) in [6, 6.07) is 4.46. The maximum absolute atomic E-state index is 14.6. The second-order valence-electron chi connectivity index (χ2n) is 7.78. The number of benzene rings is 1. The molecule has 10 nitrogen and oxygen atoms in total. The molecule has 1 saturated heterocycles. The predicted molar refractivity (Wildman–Crippen MR) is 123 cm³/mol. The Kier molecular flexibility index (Phi) is 5.65. The molecule has 0 unspecified atom stereocenters. The summed E-state index contributed by atoms with van der Waals surface area (Å²) in [7, 11) is 2.09. The zero-order chi connectivity index (χ0) is 22.9. The molecule has 0 radical (unpaired) electrons. The van der Waals surface area contributed by atoms with Crippen LogP contribution >= 0.6 is 11.6 Å². The molecule has 0 saturated carbocycles. The maximum atomic E-state index is 14.6. The van der Waals surface area contributed by atoms with Crippen LogP contribution in [0, 0.1) is 5.82 Å². The number of nitrogen functional groups attached to an aromatic ring is 1. The molecule has 4 heterocycles. The summed E-state index contributed by atoms with van der Waals surface area (Å²) in [4.78, 5) is 17.5. The SMILES string of the molecule is CN1CCN(c2ncc(-c3ccc(F)c(COc4cc(N)nc5n[nH]nc45)c3Cl)cn2)CC1. The first-order valence-electron chi connectivity index (χ1n) is 10.3. The van der Waals surface area contributed by atoms with Crippen LogP contribution in [-0.4, -0.2) is 68.5 Å². The molecule has 1 aromatic carbocycles. The van der Waals surface area contributed by atoms with Crippen LogP contribution in [0.4, 0.5) is 16.2 Å². The largest absolute Gasteiger partial charge is 0.486 e. The summed E-state index contributed by atoms with van der Waals surface area (Å²) in [6.07, 6.45) is 3.40. The summed E-state index contributed by atoms with van der Waals surface area (Å²) in [6.45, 7) is 3.52. The molecule has 3 aromatic heterocycles. The number of hydrogen-bond acceptors (Lipinski definition) is 9. The van der Waals surface area contributed by atoms with Gasteiger partial charge in [-0.05, 0) is 19.2 Å². The number of halogens is 2. The Balaban J connectivity index is 1.38. The van der Waals surface area contributed by atoms with Crippen molar-refractivity contribution in [2.45, 2.75) is 6.61 Å². The van der Waals surface area contributed by atoms with Crippen molar-refractivity contribution in [2.24, 2.45) is 0 Å². The first kappa shape index (κ1) is 21.3. The number of hydrogen-bond donors (Lipinski definition) is 2. The Labute approximate surface area is 193 Å². The van der Waals surface area contributed by atoms with Crippen LogP contribution in [0.1, 0.15) is 5.56 Å². The monoisotopic (exact) mass is 469 g/mol. The number of fused-ring (bicyclic) bond motifs is 1. The zero-order valence-electron chi connectivity index (χ0n) is 17.8. The van der Waals surface area contributed by atoms with Gasteiger partial charge in [0.2, 0.25) is 11.6 Å². The fraction of sp³-hybridized carbons (Fsp3) is 0.286. The lowest BCUT2D eigenvalue weighted by molar-refractivity contribution is 0.303. The molecule has 0 amide bonds. The molecule has 1 aliphatic heterocycles. The van der Waals surface area contributed by atoms with Gasteiger partial charge in [0.15, 0.2) is 11.3 Å². The Morgan fingerprint density at radius 3 is 2.67 bits per heavy atom. The van der Waals surface area contributed by atoms with Crippen molar-refractivity contribution in [3.05, 3.63) is 47.0 Å². The van der Waals surface area contributed by atoms with Crippen molar-refractivity contribution in [3.63, 3.8) is 0 Å². The Hall–Kier alpha value is -3.57. The first-order chi connectivity index (χ1) is 16.0. The van der Waals surface area contributed by atoms with Crippen LogP contribution in [-0.2, 0) is 6.61 Å². The molecule has 0 atom stereocenters. The highest BCUT2D eigenvalue weighted by Crippen LogP contribution is 2.33. The molecule has 170 valence electrons. The Morgan fingerprint density at radius 1 is 1.15 bits per heavy atom. The summed E-state index contributed by atoms with van der Waals surface area (Å²) in [5.74, 6) is 0.717. The van der Waals surface area contributed by atoms with Gasteiger partial charge in [0, 0.05) is 61.3 Å². The number of ether oxygens (including phenoxy) is 1. The number of nitrogens with zero attached hydrogens (tertiary/aromatic N) is 7. The lowest BCUT2D eigenvalue weighted by atomic mass is 10.1. The van der Waals surface area contributed by atoms with E-state index in [2.05, 4.69) is 47.2 Å². The van der Waals surface area contributed by atoms with Gasteiger partial charge in [0.05, 0.1) is 5.02 Å². The number of nitrogens with one attached hydrogen (secondary N) is 1. The minimum absolute atomic E-state index is 0.135. The smallest absolute Gasteiger partial charge is 0.225 e. The Morgan fingerprint density at radius 2 is 1.91 bits per heavy atom. The second-order valence-corrected chi connectivity index (χ2v) is 8.16. The van der Waals surface area contributed by atoms with Gasteiger partial charge in [-0.1, -0.05) is 11.6 Å². The van der Waals surface area contributed by atoms with Gasteiger partial charge in [0.25, 0.3) is 0 Å². The van der Waals surface area contributed by atoms with E-state index in [1.165, 1.54) is 12.1 Å². The minimum Gasteiger partial charge on any atom is -0.486 e. The normalized spacial score (nSPS) is 14.7. The molecule has 0 bridgehead atoms. The summed E-state index contributed by atoms with van der Waals surface area (Å²) in [5, 5.41) is 10.6. The van der Waals surface area contributed by atoms with Gasteiger partial charge in [-0.15, -0.1) is 5.10 Å². The van der Waals surface area contributed by atoms with E-state index >= 15 is 0 Å². The van der Waals surface area contributed by atoms with Gasteiger partial charge in [-0.3, -0.25) is 0 Å². The van der Waals surface area contributed by atoms with Gasteiger partial charge < -0.3 is 20.3 Å². The van der Waals surface area contributed by atoms with E-state index in [1.54, 1.807) is 18.5 Å². The van der Waals surface area contributed by atoms with E-state index in [9.17, 15) is 4.39 Å². The summed E-state index contributed by atoms with van der Waals surface area (Å²) >= 11 is 6.59. The van der Waals surface area contributed by atoms with E-state index in [4.69, 9.17) is 22.1 Å². The Bertz CT molecular complexity index is 1290. The topological polar surface area (TPSA) is 122 Å². The number of aromatic nitrogens is 6. The summed E-state index contributed by atoms with van der Waals surface area (Å²) in [5.41, 5.74) is 7.99. The first-order valence-corrected chi connectivity index (χ1v) is 10.7. The molecule has 0 spiro atoms. The molecule has 12 heteroatoms. The number of piperazine rings is 1. The standard InChI is InChI=1S/C21H21ClFN9O/c1-31-4-6-32(7-5-31)21-25-9-12(10-26-21)13-2-3-15(23)14(18(13)22)11-33-16-8-17(24)27-20-19(16)28-30-29-20/h2-3,8-10H,4-7,11H2,1H3,(H3,24,27,28,29,30). The van der Waals surface area contributed by atoms with Crippen molar-refractivity contribution >= 4 is 34.5 Å². The molecular weight excluding hydrogens is 449 g/mol. The predicted octanol–water partition coefficient (Wildman–Crippen LogP) is 2.52. The number of nitrogens with two attached hydrogens (primary N) is 1. The van der Waals surface area contributed by atoms with Crippen LogP contribution in [0.15, 0.2) is 30.6 Å². The van der Waals surface area contributed by atoms with Gasteiger partial charge in [-0.2, -0.15) is 10.3 Å². The molecule has 3 N–H and O–H groups in total. The zero-order valence-corrected chi connectivity index (χ0v) is 18.6. The molecule has 1 aliphatic rings. The maximum Gasteiger partial charge on any atom is 0.225 e. The molecule has 33 heavy (non-hydrogen) atoms. The van der Waals surface area contributed by atoms with Gasteiger partial charge in [0.1, 0.15) is 18.2 Å². The van der Waals surface area contributed by atoms with E-state index in [0.29, 0.717) is 34.0 Å². The van der Waals surface area contributed by atoms with Gasteiger partial charge in [-0.25, -0.2) is 19.3 Å². The number of H-pyrrole nitrogens is 1. The van der Waals surface area contributed by atoms with Crippen molar-refractivity contribution in [1.29, 1.82) is 0 Å². The highest BCUT2D eigenvalue weighted by Gasteiger charge is 2.19. The van der Waals surface area contributed by atoms with Crippen molar-refractivity contribution in [2.75, 3.05) is 43.9 Å². The van der Waals surface area contributed by atoms with Crippen LogP contribution in [0.3, 0.4) is 0 Å². The number of pyridine rings is 1. The molecular formula is C21H21ClFN9O. The van der Waals surface area contributed by atoms with Crippen molar-refractivity contribution in [1.82, 2.24) is 35.3 Å². The highest BCUT2D eigenvalue weighted by atomic mass is 35.5. The molecule has 5 rings (SSSR count). The van der Waals surface area contributed by atoms with E-state index in [0.717, 1.165) is 26.2 Å². The van der Waals surface area contributed by atoms with Crippen LogP contribution < -0.4 is 15.4 Å². The van der Waals surface area contributed by atoms with Crippen LogP contribution in [0.2, 0.25) is 5.02 Å². The van der Waals surface area contributed by atoms with Crippen LogP contribution in [0.25, 0.3) is 22.3 Å². The molecule has 4 aromatic rings. The van der Waals surface area contributed by atoms with Gasteiger partial charge >= 0.3 is 0 Å². The summed E-state index contributed by atoms with van der Waals surface area (Å²) < 4.78 is 20.4. The fourth-order valence-electron chi connectivity index (χ4n) is 3.67. The lowest BCUT2D eigenvalue weighted by Gasteiger charge is -2.32. The number of rotatable bonds is 5. The quantitative estimate of drug-likeness (QED) is 0.454. The highest BCUT2D eigenvalue weighted by molar-refractivity contribution is 6.34. The average molecular weight is 470 g/mol. The third kappa shape index (κ3) is 4.24.